The number of hydrogen-bond acceptors (Lipinski definition) is 2. The first kappa shape index (κ1) is 13.7. The fraction of sp³-hybridized carbons (Fsp3) is 0.500. The molecule has 0 bridgehead atoms. The summed E-state index contributed by atoms with van der Waals surface area (Å²) in [5.41, 5.74) is 0.809. The molecule has 0 radical (unpaired) electrons. The van der Waals surface area contributed by atoms with E-state index in [4.69, 9.17) is 0 Å². The van der Waals surface area contributed by atoms with Crippen molar-refractivity contribution < 1.29 is 9.90 Å². The molecule has 0 saturated carbocycles. The lowest BCUT2D eigenvalue weighted by molar-refractivity contribution is -0.139. The molecule has 0 aromatic heterocycles. The van der Waals surface area contributed by atoms with Gasteiger partial charge in [0, 0.05) is 6.04 Å². The smallest absolute Gasteiger partial charge is 0.325 e. The average molecular weight is 235 g/mol. The first-order valence-corrected chi connectivity index (χ1v) is 6.19. The first-order valence-electron chi connectivity index (χ1n) is 6.19. The van der Waals surface area contributed by atoms with E-state index in [-0.39, 0.29) is 6.04 Å². The highest BCUT2D eigenvalue weighted by Crippen LogP contribution is 2.14. The second-order valence-electron chi connectivity index (χ2n) is 4.39. The summed E-state index contributed by atoms with van der Waals surface area (Å²) in [4.78, 5) is 11.2. The highest BCUT2D eigenvalue weighted by atomic mass is 16.4. The minimum absolute atomic E-state index is 0.219. The van der Waals surface area contributed by atoms with E-state index < -0.39 is 12.0 Å². The van der Waals surface area contributed by atoms with Crippen molar-refractivity contribution in [2.45, 2.75) is 45.2 Å². The second-order valence-corrected chi connectivity index (χ2v) is 4.39. The van der Waals surface area contributed by atoms with Crippen LogP contribution in [0.3, 0.4) is 0 Å². The molecule has 2 N–H and O–H groups in total. The molecule has 2 atom stereocenters. The summed E-state index contributed by atoms with van der Waals surface area (Å²) >= 11 is 0. The van der Waals surface area contributed by atoms with Crippen LogP contribution in [-0.4, -0.2) is 17.1 Å². The van der Waals surface area contributed by atoms with Crippen LogP contribution in [0.4, 0.5) is 0 Å². The molecule has 2 unspecified atom stereocenters. The zero-order valence-corrected chi connectivity index (χ0v) is 10.5. The highest BCUT2D eigenvalue weighted by Gasteiger charge is 2.20. The van der Waals surface area contributed by atoms with E-state index >= 15 is 0 Å². The van der Waals surface area contributed by atoms with Crippen LogP contribution < -0.4 is 5.32 Å². The van der Waals surface area contributed by atoms with Gasteiger partial charge in [0.2, 0.25) is 0 Å². The van der Waals surface area contributed by atoms with Crippen LogP contribution in [0.2, 0.25) is 0 Å². The van der Waals surface area contributed by atoms with Crippen molar-refractivity contribution in [2.24, 2.45) is 0 Å². The van der Waals surface area contributed by atoms with Gasteiger partial charge in [0.15, 0.2) is 0 Å². The van der Waals surface area contributed by atoms with E-state index in [1.54, 1.807) is 0 Å². The summed E-state index contributed by atoms with van der Waals surface area (Å²) in [6, 6.07) is 8.92. The zero-order valence-electron chi connectivity index (χ0n) is 10.5. The van der Waals surface area contributed by atoms with E-state index in [0.717, 1.165) is 24.8 Å². The molecule has 0 heterocycles. The largest absolute Gasteiger partial charge is 0.480 e. The van der Waals surface area contributed by atoms with Gasteiger partial charge in [-0.2, -0.15) is 0 Å². The Morgan fingerprint density at radius 3 is 2.53 bits per heavy atom. The van der Waals surface area contributed by atoms with Gasteiger partial charge >= 0.3 is 5.97 Å². The Labute approximate surface area is 103 Å². The van der Waals surface area contributed by atoms with E-state index in [2.05, 4.69) is 12.2 Å². The molecule has 0 aliphatic rings. The minimum Gasteiger partial charge on any atom is -0.480 e. The number of unbranched alkanes of at least 4 members (excludes halogenated alkanes) is 1. The molecule has 0 spiro atoms. The summed E-state index contributed by atoms with van der Waals surface area (Å²) in [5, 5.41) is 12.4. The van der Waals surface area contributed by atoms with Crippen molar-refractivity contribution in [1.82, 2.24) is 5.32 Å². The molecule has 0 amide bonds. The molecule has 3 heteroatoms. The van der Waals surface area contributed by atoms with Gasteiger partial charge in [0.25, 0.3) is 0 Å². The van der Waals surface area contributed by atoms with Gasteiger partial charge in [-0.05, 0) is 18.9 Å². The molecule has 0 aliphatic heterocycles. The fourth-order valence-electron chi connectivity index (χ4n) is 1.83. The summed E-state index contributed by atoms with van der Waals surface area (Å²) < 4.78 is 0. The Morgan fingerprint density at radius 1 is 1.35 bits per heavy atom. The molecule has 3 nitrogen and oxygen atoms in total. The lowest BCUT2D eigenvalue weighted by atomic mass is 10.0. The summed E-state index contributed by atoms with van der Waals surface area (Å²) in [6.45, 7) is 4.17. The Morgan fingerprint density at radius 2 is 2.00 bits per heavy atom. The first-order chi connectivity index (χ1) is 8.15. The molecule has 1 rings (SSSR count). The van der Waals surface area contributed by atoms with Gasteiger partial charge in [0.1, 0.15) is 6.04 Å². The SMILES string of the molecule is CCCCC(C)NC(C(=O)O)c1ccccc1. The number of carboxylic acid groups (broad SMARTS) is 1. The molecule has 0 saturated heterocycles. The van der Waals surface area contributed by atoms with Crippen LogP contribution in [0.25, 0.3) is 0 Å². The number of carboxylic acids is 1. The van der Waals surface area contributed by atoms with E-state index in [0.29, 0.717) is 0 Å². The molecule has 0 aliphatic carbocycles. The summed E-state index contributed by atoms with van der Waals surface area (Å²) in [5.74, 6) is -0.820. The van der Waals surface area contributed by atoms with Gasteiger partial charge in [-0.1, -0.05) is 50.1 Å². The van der Waals surface area contributed by atoms with Gasteiger partial charge < -0.3 is 5.11 Å². The quantitative estimate of drug-likeness (QED) is 0.764. The highest BCUT2D eigenvalue weighted by molar-refractivity contribution is 5.75. The maximum atomic E-state index is 11.2. The lowest BCUT2D eigenvalue weighted by Crippen LogP contribution is -2.35. The van der Waals surface area contributed by atoms with Crippen LogP contribution in [0.5, 0.6) is 0 Å². The third-order valence-electron chi connectivity index (χ3n) is 2.82. The van der Waals surface area contributed by atoms with Crippen LogP contribution >= 0.6 is 0 Å². The normalized spacial score (nSPS) is 14.2. The third-order valence-corrected chi connectivity index (χ3v) is 2.82. The number of rotatable bonds is 7. The van der Waals surface area contributed by atoms with Crippen LogP contribution in [0.15, 0.2) is 30.3 Å². The van der Waals surface area contributed by atoms with Crippen molar-refractivity contribution in [1.29, 1.82) is 0 Å². The minimum atomic E-state index is -0.820. The molecular weight excluding hydrogens is 214 g/mol. The van der Waals surface area contributed by atoms with Crippen LogP contribution in [0.1, 0.15) is 44.7 Å². The molecule has 17 heavy (non-hydrogen) atoms. The average Bonchev–Trinajstić information content (AvgIpc) is 2.34. The standard InChI is InChI=1S/C14H21NO2/c1-3-4-8-11(2)15-13(14(16)17)12-9-6-5-7-10-12/h5-7,9-11,13,15H,3-4,8H2,1-2H3,(H,16,17). The Bertz CT molecular complexity index is 337. The predicted octanol–water partition coefficient (Wildman–Crippen LogP) is 2.98. The number of hydrogen-bond donors (Lipinski definition) is 2. The monoisotopic (exact) mass is 235 g/mol. The maximum absolute atomic E-state index is 11.2. The van der Waals surface area contributed by atoms with Crippen LogP contribution in [-0.2, 0) is 4.79 Å². The van der Waals surface area contributed by atoms with Crippen molar-refractivity contribution >= 4 is 5.97 Å². The van der Waals surface area contributed by atoms with E-state index in [1.807, 2.05) is 37.3 Å². The number of aliphatic carboxylic acids is 1. The lowest BCUT2D eigenvalue weighted by Gasteiger charge is -2.20. The van der Waals surface area contributed by atoms with Crippen molar-refractivity contribution in [3.05, 3.63) is 35.9 Å². The van der Waals surface area contributed by atoms with Gasteiger partial charge in [-0.25, -0.2) is 0 Å². The molecule has 1 aromatic rings. The van der Waals surface area contributed by atoms with Crippen LogP contribution in [0, 0.1) is 0 Å². The van der Waals surface area contributed by atoms with Crippen molar-refractivity contribution in [3.63, 3.8) is 0 Å². The van der Waals surface area contributed by atoms with Gasteiger partial charge in [-0.3, -0.25) is 10.1 Å². The fourth-order valence-corrected chi connectivity index (χ4v) is 1.83. The Hall–Kier alpha value is -1.35. The molecular formula is C14H21NO2. The van der Waals surface area contributed by atoms with Crippen molar-refractivity contribution in [2.75, 3.05) is 0 Å². The second kappa shape index (κ2) is 7.07. The zero-order chi connectivity index (χ0) is 12.7. The number of carbonyl (C=O) groups is 1. The topological polar surface area (TPSA) is 49.3 Å². The van der Waals surface area contributed by atoms with Gasteiger partial charge in [-0.15, -0.1) is 0 Å². The summed E-state index contributed by atoms with van der Waals surface area (Å²) in [7, 11) is 0. The van der Waals surface area contributed by atoms with E-state index in [1.165, 1.54) is 0 Å². The third kappa shape index (κ3) is 4.57. The maximum Gasteiger partial charge on any atom is 0.325 e. The number of benzene rings is 1. The molecule has 0 fully saturated rings. The van der Waals surface area contributed by atoms with Gasteiger partial charge in [0.05, 0.1) is 0 Å². The van der Waals surface area contributed by atoms with E-state index in [9.17, 15) is 9.90 Å². The molecule has 94 valence electrons. The summed E-state index contributed by atoms with van der Waals surface area (Å²) in [6.07, 6.45) is 3.26. The van der Waals surface area contributed by atoms with Crippen molar-refractivity contribution in [3.8, 4) is 0 Å². The number of nitrogens with one attached hydrogen (secondary N) is 1. The predicted molar refractivity (Wildman–Crippen MR) is 68.9 cm³/mol. The Kier molecular flexibility index (Phi) is 5.70. The molecule has 1 aromatic carbocycles. The Balaban J connectivity index is 2.65.